The Bertz CT molecular complexity index is 1230. The molecule has 1 aliphatic heterocycles. The molecule has 0 unspecified atom stereocenters. The van der Waals surface area contributed by atoms with Crippen LogP contribution >= 0.6 is 11.8 Å². The molecular formula is C22H16N2O5S. The number of nitro benzene ring substituents is 1. The second kappa shape index (κ2) is 7.64. The van der Waals surface area contributed by atoms with Crippen LogP contribution in [0.3, 0.4) is 0 Å². The molecule has 4 rings (SSSR count). The molecule has 3 aromatic rings. The third-order valence-electron chi connectivity index (χ3n) is 4.85. The molecule has 0 radical (unpaired) electrons. The SMILES string of the molecule is Cc1cccc(N2C(=O)S/C(=C/c3ccc(-c4cccc([N+](=O)[O-])c4)o3)C2=O)c1C. The van der Waals surface area contributed by atoms with E-state index in [1.165, 1.54) is 23.1 Å². The lowest BCUT2D eigenvalue weighted by Gasteiger charge is -2.16. The average Bonchev–Trinajstić information content (AvgIpc) is 3.29. The first-order chi connectivity index (χ1) is 14.3. The minimum Gasteiger partial charge on any atom is -0.457 e. The predicted octanol–water partition coefficient (Wildman–Crippen LogP) is 5.71. The first-order valence-corrected chi connectivity index (χ1v) is 9.85. The third kappa shape index (κ3) is 3.53. The number of amides is 2. The van der Waals surface area contributed by atoms with E-state index in [1.807, 2.05) is 26.0 Å². The monoisotopic (exact) mass is 420 g/mol. The molecule has 0 saturated carbocycles. The number of aryl methyl sites for hydroxylation is 1. The molecule has 1 aliphatic rings. The molecule has 0 atom stereocenters. The fourth-order valence-corrected chi connectivity index (χ4v) is 3.96. The Morgan fingerprint density at radius 2 is 1.83 bits per heavy atom. The quantitative estimate of drug-likeness (QED) is 0.305. The average molecular weight is 420 g/mol. The summed E-state index contributed by atoms with van der Waals surface area (Å²) in [4.78, 5) is 37.3. The zero-order chi connectivity index (χ0) is 21.4. The maximum absolute atomic E-state index is 12.9. The van der Waals surface area contributed by atoms with Gasteiger partial charge in [-0.2, -0.15) is 0 Å². The summed E-state index contributed by atoms with van der Waals surface area (Å²) in [6.45, 7) is 3.79. The van der Waals surface area contributed by atoms with Crippen molar-refractivity contribution >= 4 is 40.4 Å². The fraction of sp³-hybridized carbons (Fsp3) is 0.0909. The number of hydrogen-bond donors (Lipinski definition) is 0. The number of furan rings is 1. The predicted molar refractivity (Wildman–Crippen MR) is 115 cm³/mol. The van der Waals surface area contributed by atoms with Gasteiger partial charge in [0.05, 0.1) is 15.5 Å². The van der Waals surface area contributed by atoms with Crippen LogP contribution in [0.4, 0.5) is 16.2 Å². The van der Waals surface area contributed by atoms with Crippen molar-refractivity contribution in [3.8, 4) is 11.3 Å². The number of thioether (sulfide) groups is 1. The summed E-state index contributed by atoms with van der Waals surface area (Å²) < 4.78 is 5.74. The third-order valence-corrected chi connectivity index (χ3v) is 5.72. The minimum absolute atomic E-state index is 0.0416. The molecule has 2 heterocycles. The van der Waals surface area contributed by atoms with Gasteiger partial charge in [-0.05, 0) is 54.9 Å². The molecule has 0 bridgehead atoms. The summed E-state index contributed by atoms with van der Waals surface area (Å²) in [5, 5.41) is 10.6. The Balaban J connectivity index is 1.63. The largest absolute Gasteiger partial charge is 0.457 e. The van der Waals surface area contributed by atoms with Crippen LogP contribution in [0.1, 0.15) is 16.9 Å². The van der Waals surface area contributed by atoms with E-state index in [2.05, 4.69) is 0 Å². The van der Waals surface area contributed by atoms with Crippen molar-refractivity contribution in [2.24, 2.45) is 0 Å². The number of nitro groups is 1. The summed E-state index contributed by atoms with van der Waals surface area (Å²) in [6, 6.07) is 14.9. The Labute approximate surface area is 176 Å². The number of non-ortho nitro benzene ring substituents is 1. The molecule has 30 heavy (non-hydrogen) atoms. The molecule has 0 aliphatic carbocycles. The number of carbonyl (C=O) groups is 2. The van der Waals surface area contributed by atoms with Gasteiger partial charge in [0.25, 0.3) is 16.8 Å². The highest BCUT2D eigenvalue weighted by molar-refractivity contribution is 8.19. The zero-order valence-corrected chi connectivity index (χ0v) is 16.9. The molecule has 7 nitrogen and oxygen atoms in total. The van der Waals surface area contributed by atoms with Crippen LogP contribution in [0, 0.1) is 24.0 Å². The number of carbonyl (C=O) groups excluding carboxylic acids is 2. The second-order valence-electron chi connectivity index (χ2n) is 6.75. The first kappa shape index (κ1) is 19.7. The van der Waals surface area contributed by atoms with Crippen LogP contribution < -0.4 is 4.90 Å². The zero-order valence-electron chi connectivity index (χ0n) is 16.1. The van der Waals surface area contributed by atoms with E-state index in [4.69, 9.17) is 4.42 Å². The molecule has 2 aromatic carbocycles. The molecule has 1 saturated heterocycles. The molecule has 150 valence electrons. The van der Waals surface area contributed by atoms with E-state index < -0.39 is 10.8 Å². The van der Waals surface area contributed by atoms with Gasteiger partial charge in [-0.3, -0.25) is 19.7 Å². The van der Waals surface area contributed by atoms with Crippen LogP contribution in [0.25, 0.3) is 17.4 Å². The highest BCUT2D eigenvalue weighted by Crippen LogP contribution is 2.38. The minimum atomic E-state index is -0.476. The lowest BCUT2D eigenvalue weighted by Crippen LogP contribution is -2.28. The number of anilines is 1. The van der Waals surface area contributed by atoms with E-state index >= 15 is 0 Å². The number of imide groups is 1. The normalized spacial score (nSPS) is 15.3. The van der Waals surface area contributed by atoms with Crippen LogP contribution in [0.5, 0.6) is 0 Å². The van der Waals surface area contributed by atoms with Crippen molar-refractivity contribution in [1.82, 2.24) is 0 Å². The Morgan fingerprint density at radius 1 is 1.07 bits per heavy atom. The van der Waals surface area contributed by atoms with Crippen molar-refractivity contribution in [3.63, 3.8) is 0 Å². The Morgan fingerprint density at radius 3 is 2.60 bits per heavy atom. The molecule has 1 fully saturated rings. The van der Waals surface area contributed by atoms with Gasteiger partial charge in [-0.25, -0.2) is 4.90 Å². The number of hydrogen-bond acceptors (Lipinski definition) is 6. The molecule has 1 aromatic heterocycles. The van der Waals surface area contributed by atoms with Gasteiger partial charge in [0.1, 0.15) is 11.5 Å². The number of rotatable bonds is 4. The molecular weight excluding hydrogens is 404 g/mol. The Hall–Kier alpha value is -3.65. The van der Waals surface area contributed by atoms with Gasteiger partial charge >= 0.3 is 0 Å². The maximum Gasteiger partial charge on any atom is 0.298 e. The van der Waals surface area contributed by atoms with E-state index in [-0.39, 0.29) is 15.8 Å². The smallest absolute Gasteiger partial charge is 0.298 e. The van der Waals surface area contributed by atoms with Crippen molar-refractivity contribution < 1.29 is 18.9 Å². The summed E-state index contributed by atoms with van der Waals surface area (Å²) in [5.74, 6) is 0.397. The molecule has 0 N–H and O–H groups in total. The van der Waals surface area contributed by atoms with E-state index in [0.29, 0.717) is 22.8 Å². The molecule has 0 spiro atoms. The van der Waals surface area contributed by atoms with Gasteiger partial charge in [0, 0.05) is 23.8 Å². The second-order valence-corrected chi connectivity index (χ2v) is 7.74. The lowest BCUT2D eigenvalue weighted by molar-refractivity contribution is -0.384. The van der Waals surface area contributed by atoms with Gasteiger partial charge in [-0.1, -0.05) is 24.3 Å². The van der Waals surface area contributed by atoms with Crippen LogP contribution in [-0.4, -0.2) is 16.1 Å². The van der Waals surface area contributed by atoms with Crippen molar-refractivity contribution in [2.75, 3.05) is 4.90 Å². The first-order valence-electron chi connectivity index (χ1n) is 9.04. The molecule has 8 heteroatoms. The highest BCUT2D eigenvalue weighted by atomic mass is 32.2. The Kier molecular flexibility index (Phi) is 5.01. The number of nitrogens with zero attached hydrogens (tertiary/aromatic N) is 2. The van der Waals surface area contributed by atoms with Gasteiger partial charge in [0.15, 0.2) is 0 Å². The van der Waals surface area contributed by atoms with Crippen molar-refractivity contribution in [2.45, 2.75) is 13.8 Å². The summed E-state index contributed by atoms with van der Waals surface area (Å²) in [6.07, 6.45) is 1.51. The number of benzene rings is 2. The lowest BCUT2D eigenvalue weighted by atomic mass is 10.1. The standard InChI is InChI=1S/C22H16N2O5S/c1-13-5-3-8-18(14(13)2)23-21(25)20(30-22(23)26)12-17-9-10-19(29-17)15-6-4-7-16(11-15)24(27)28/h3-12H,1-2H3/b20-12+. The van der Waals surface area contributed by atoms with Gasteiger partial charge in [-0.15, -0.1) is 0 Å². The summed E-state index contributed by atoms with van der Waals surface area (Å²) >= 11 is 0.847. The van der Waals surface area contributed by atoms with Gasteiger partial charge in [0.2, 0.25) is 0 Å². The summed E-state index contributed by atoms with van der Waals surface area (Å²) in [7, 11) is 0. The van der Waals surface area contributed by atoms with Crippen LogP contribution in [-0.2, 0) is 4.79 Å². The summed E-state index contributed by atoms with van der Waals surface area (Å²) in [5.41, 5.74) is 2.93. The maximum atomic E-state index is 12.9. The molecule has 2 amide bonds. The van der Waals surface area contributed by atoms with E-state index in [1.54, 1.807) is 30.3 Å². The fourth-order valence-electron chi connectivity index (χ4n) is 3.14. The van der Waals surface area contributed by atoms with Crippen molar-refractivity contribution in [3.05, 3.63) is 86.5 Å². The van der Waals surface area contributed by atoms with E-state index in [0.717, 1.165) is 22.9 Å². The van der Waals surface area contributed by atoms with Crippen LogP contribution in [0.15, 0.2) is 63.9 Å². The van der Waals surface area contributed by atoms with E-state index in [9.17, 15) is 19.7 Å². The highest BCUT2D eigenvalue weighted by Gasteiger charge is 2.37. The van der Waals surface area contributed by atoms with Crippen molar-refractivity contribution in [1.29, 1.82) is 0 Å². The topological polar surface area (TPSA) is 93.7 Å². The van der Waals surface area contributed by atoms with Crippen LogP contribution in [0.2, 0.25) is 0 Å². The van der Waals surface area contributed by atoms with Gasteiger partial charge < -0.3 is 4.42 Å².